The molecule has 16 heavy (non-hydrogen) atoms. The van der Waals surface area contributed by atoms with Gasteiger partial charge in [-0.25, -0.2) is 0 Å². The minimum atomic E-state index is -2.92. The molecular weight excluding hydrogens is 386 g/mol. The largest absolute Gasteiger partial charge is 3.00 e. The van der Waals surface area contributed by atoms with E-state index in [-0.39, 0.29) is 146 Å². The van der Waals surface area contributed by atoms with Gasteiger partial charge in [-0.05, 0) is 0 Å². The van der Waals surface area contributed by atoms with Gasteiger partial charge in [-0.3, -0.25) is 22.0 Å². The average molecular weight is 386 g/mol. The zero-order valence-corrected chi connectivity index (χ0v) is 17.6. The molecule has 0 N–H and O–H groups in total. The summed E-state index contributed by atoms with van der Waals surface area (Å²) in [7, 11) is -8.75. The Morgan fingerprint density at radius 1 is 0.375 bits per heavy atom. The quantitative estimate of drug-likeness (QED) is 0.362. The number of hydrogen-bond acceptors (Lipinski definition) is 9. The van der Waals surface area contributed by atoms with Crippen molar-refractivity contribution in [3.8, 4) is 0 Å². The fraction of sp³-hybridized carbons (Fsp3) is 0. The van der Waals surface area contributed by atoms with Crippen molar-refractivity contribution in [3.05, 3.63) is 0 Å². The second-order valence-corrected chi connectivity index (χ2v) is 0.866. The van der Waals surface area contributed by atoms with Crippen molar-refractivity contribution in [1.82, 2.24) is 0 Å². The van der Waals surface area contributed by atoms with Gasteiger partial charge in [0.05, 0.1) is 0 Å². The van der Waals surface area contributed by atoms with E-state index in [2.05, 4.69) is 0 Å². The molecule has 9 nitrogen and oxygen atoms in total. The summed E-state index contributed by atoms with van der Waals surface area (Å²) in [6.45, 7) is 0. The summed E-state index contributed by atoms with van der Waals surface area (Å²) in [5.74, 6) is 0. The number of hydrogen-bond donors (Lipinski definition) is 0. The fourth-order valence-electron chi connectivity index (χ4n) is 0. The van der Waals surface area contributed by atoms with E-state index in [1.54, 1.807) is 0 Å². The van der Waals surface area contributed by atoms with Crippen LogP contribution in [-0.4, -0.2) is 135 Å². The Balaban J connectivity index is -0.0000000135. The molecule has 0 bridgehead atoms. The molecule has 0 saturated heterocycles. The van der Waals surface area contributed by atoms with Gasteiger partial charge in [0.25, 0.3) is 0 Å². The molecule has 0 amide bonds. The van der Waals surface area contributed by atoms with Gasteiger partial charge in [-0.2, -0.15) is 0 Å². The van der Waals surface area contributed by atoms with Crippen LogP contribution in [0.15, 0.2) is 0 Å². The van der Waals surface area contributed by atoms with E-state index >= 15 is 0 Å². The van der Waals surface area contributed by atoms with Gasteiger partial charge in [-0.1, -0.05) is 0 Å². The minimum absolute atomic E-state index is 0. The van der Waals surface area contributed by atoms with Crippen molar-refractivity contribution in [3.63, 3.8) is 0 Å². The van der Waals surface area contributed by atoms with Crippen LogP contribution in [-0.2, 0) is 32.7 Å². The monoisotopic (exact) mass is 386 g/mol. The molecule has 0 rings (SSSR count). The standard InChI is InChI=1S/3BO3.3Ca.Y/c3*2-1(3)4;;;;/q3*-3;3*+2;+3. The van der Waals surface area contributed by atoms with Crippen LogP contribution in [0, 0.1) is 0 Å². The molecule has 0 heterocycles. The normalized spacial score (nSPS) is 5.06. The summed E-state index contributed by atoms with van der Waals surface area (Å²) in [6, 6.07) is 0. The molecule has 72 valence electrons. The molecule has 0 aromatic rings. The summed E-state index contributed by atoms with van der Waals surface area (Å²) < 4.78 is 0. The van der Waals surface area contributed by atoms with Gasteiger partial charge in [0.2, 0.25) is 0 Å². The van der Waals surface area contributed by atoms with Gasteiger partial charge < -0.3 is 45.2 Å². The van der Waals surface area contributed by atoms with Crippen LogP contribution in [0.3, 0.4) is 0 Å². The summed E-state index contributed by atoms with van der Waals surface area (Å²) in [5.41, 5.74) is 0. The van der Waals surface area contributed by atoms with Crippen molar-refractivity contribution in [1.29, 1.82) is 0 Å². The van der Waals surface area contributed by atoms with Crippen LogP contribution in [0.4, 0.5) is 0 Å². The average Bonchev–Trinajstić information content (AvgIpc) is 1.54. The van der Waals surface area contributed by atoms with Crippen molar-refractivity contribution in [2.24, 2.45) is 0 Å². The van der Waals surface area contributed by atoms with Crippen LogP contribution in [0.1, 0.15) is 0 Å². The first-order valence-electron chi connectivity index (χ1n) is 2.12. The zero-order chi connectivity index (χ0) is 10.7. The molecule has 0 fully saturated rings. The summed E-state index contributed by atoms with van der Waals surface area (Å²) in [6.07, 6.45) is 0. The minimum Gasteiger partial charge on any atom is -0.907 e. The second-order valence-electron chi connectivity index (χ2n) is 0.866. The van der Waals surface area contributed by atoms with Crippen molar-refractivity contribution in [2.75, 3.05) is 0 Å². The Bertz CT molecular complexity index is 54.5. The summed E-state index contributed by atoms with van der Waals surface area (Å²) in [4.78, 5) is 0. The Labute approximate surface area is 208 Å². The van der Waals surface area contributed by atoms with Gasteiger partial charge >= 0.3 is 146 Å². The van der Waals surface area contributed by atoms with Crippen LogP contribution in [0.5, 0.6) is 0 Å². The van der Waals surface area contributed by atoms with Crippen LogP contribution >= 0.6 is 0 Å². The topological polar surface area (TPSA) is 208 Å². The molecule has 0 aromatic carbocycles. The second kappa shape index (κ2) is 36.7. The maximum absolute atomic E-state index is 8.42. The Morgan fingerprint density at radius 2 is 0.375 bits per heavy atom. The molecule has 0 aliphatic heterocycles. The Morgan fingerprint density at radius 3 is 0.375 bits per heavy atom. The molecule has 0 aliphatic carbocycles. The maximum Gasteiger partial charge on any atom is 3.00 e. The third kappa shape index (κ3) is 264. The SMILES string of the molecule is [Ca+2].[Ca+2].[Ca+2].[O-]B([O-])[O-].[O-]B([O-])[O-].[O-]B([O-])[O-].[Y+3]. The first kappa shape index (κ1) is 42.8. The van der Waals surface area contributed by atoms with Crippen molar-refractivity contribution < 1.29 is 77.9 Å². The molecule has 0 aromatic heterocycles. The molecule has 0 saturated carbocycles. The van der Waals surface area contributed by atoms with E-state index in [9.17, 15) is 0 Å². The molecule has 16 heteroatoms. The van der Waals surface area contributed by atoms with E-state index in [0.717, 1.165) is 0 Å². The molecule has 0 radical (unpaired) electrons. The fourth-order valence-corrected chi connectivity index (χ4v) is 0. The van der Waals surface area contributed by atoms with Gasteiger partial charge in [-0.15, -0.1) is 0 Å². The van der Waals surface area contributed by atoms with E-state index in [1.807, 2.05) is 0 Å². The molecule has 0 aliphatic rings. The summed E-state index contributed by atoms with van der Waals surface area (Å²) in [5, 5.41) is 75.8. The number of rotatable bonds is 0. The van der Waals surface area contributed by atoms with Crippen molar-refractivity contribution >= 4 is 135 Å². The Kier molecular flexibility index (Phi) is 98.2. The molecule has 0 unspecified atom stereocenters. The van der Waals surface area contributed by atoms with Crippen LogP contribution in [0.25, 0.3) is 0 Å². The van der Waals surface area contributed by atoms with Gasteiger partial charge in [0, 0.05) is 0 Å². The molecule has 0 atom stereocenters. The first-order chi connectivity index (χ1) is 5.20. The van der Waals surface area contributed by atoms with Crippen molar-refractivity contribution in [2.45, 2.75) is 0 Å². The van der Waals surface area contributed by atoms with Gasteiger partial charge in [0.15, 0.2) is 0 Å². The third-order valence-electron chi connectivity index (χ3n) is 0. The summed E-state index contributed by atoms with van der Waals surface area (Å²) >= 11 is 0. The molecular formula is B3Ca3O9Y. The van der Waals surface area contributed by atoms with E-state index in [1.165, 1.54) is 0 Å². The predicted molar refractivity (Wildman–Crippen MR) is 34.5 cm³/mol. The van der Waals surface area contributed by atoms with E-state index < -0.39 is 22.0 Å². The molecule has 0 spiro atoms. The van der Waals surface area contributed by atoms with E-state index in [0.29, 0.717) is 0 Å². The maximum atomic E-state index is 8.42. The zero-order valence-electron chi connectivity index (χ0n) is 8.10. The Hall–Kier alpha value is 4.72. The van der Waals surface area contributed by atoms with Gasteiger partial charge in [0.1, 0.15) is 0 Å². The smallest absolute Gasteiger partial charge is 0.907 e. The third-order valence-corrected chi connectivity index (χ3v) is 0. The first-order valence-corrected chi connectivity index (χ1v) is 2.12. The predicted octanol–water partition coefficient (Wildman–Crippen LogP) is -13.0. The van der Waals surface area contributed by atoms with E-state index in [4.69, 9.17) is 45.2 Å². The van der Waals surface area contributed by atoms with Crippen LogP contribution in [0.2, 0.25) is 0 Å². The van der Waals surface area contributed by atoms with Crippen LogP contribution < -0.4 is 45.2 Å².